The van der Waals surface area contributed by atoms with Gasteiger partial charge in [0.15, 0.2) is 0 Å². The number of nitrogens with zero attached hydrogens (tertiary/aromatic N) is 1. The largest absolute Gasteiger partial charge is 0.255 e. The first-order chi connectivity index (χ1) is 4.88. The molecular weight excluding hydrogens is 124 g/mol. The van der Waals surface area contributed by atoms with Crippen LogP contribution in [-0.2, 0) is 0 Å². The van der Waals surface area contributed by atoms with Gasteiger partial charge in [0.25, 0.3) is 0 Å². The Kier molecular flexibility index (Phi) is 3.16. The highest BCUT2D eigenvalue weighted by molar-refractivity contribution is 4.81. The lowest BCUT2D eigenvalue weighted by atomic mass is 10.5. The number of hydrazine groups is 1. The molecule has 0 atom stereocenters. The van der Waals surface area contributed by atoms with Gasteiger partial charge in [0.05, 0.1) is 0 Å². The van der Waals surface area contributed by atoms with Crippen molar-refractivity contribution in [3.05, 3.63) is 0 Å². The van der Waals surface area contributed by atoms with Crippen LogP contribution in [0.2, 0.25) is 0 Å². The summed E-state index contributed by atoms with van der Waals surface area (Å²) in [5.74, 6) is 0. The summed E-state index contributed by atoms with van der Waals surface area (Å²) in [6.07, 6.45) is 4.01. The minimum Gasteiger partial charge on any atom is -0.255 e. The summed E-state index contributed by atoms with van der Waals surface area (Å²) in [5.41, 5.74) is 3.41. The second-order valence-electron chi connectivity index (χ2n) is 2.93. The summed E-state index contributed by atoms with van der Waals surface area (Å²) in [6.45, 7) is 6.68. The van der Waals surface area contributed by atoms with Crippen LogP contribution in [0, 0.1) is 0 Å². The summed E-state index contributed by atoms with van der Waals surface area (Å²) in [7, 11) is 0. The average molecular weight is 142 g/mol. The molecule has 0 amide bonds. The third kappa shape index (κ3) is 2.27. The molecule has 1 saturated carbocycles. The third-order valence-electron chi connectivity index (χ3n) is 1.89. The van der Waals surface area contributed by atoms with Gasteiger partial charge in [-0.15, -0.1) is 0 Å². The smallest absolute Gasteiger partial charge is 0.0244 e. The first kappa shape index (κ1) is 8.02. The molecule has 1 aliphatic rings. The van der Waals surface area contributed by atoms with E-state index >= 15 is 0 Å². The number of rotatable bonds is 5. The van der Waals surface area contributed by atoms with Crippen LogP contribution >= 0.6 is 0 Å². The molecule has 10 heavy (non-hydrogen) atoms. The molecule has 0 radical (unpaired) electrons. The van der Waals surface area contributed by atoms with Crippen molar-refractivity contribution >= 4 is 0 Å². The highest BCUT2D eigenvalue weighted by Crippen LogP contribution is 2.24. The highest BCUT2D eigenvalue weighted by atomic mass is 15.5. The van der Waals surface area contributed by atoms with Crippen LogP contribution < -0.4 is 5.43 Å². The van der Waals surface area contributed by atoms with E-state index in [1.54, 1.807) is 0 Å². The van der Waals surface area contributed by atoms with E-state index in [0.29, 0.717) is 0 Å². The standard InChI is InChI=1S/C8H18N2/c1-3-7-9-10(4-2)8-5-6-8/h8-9H,3-7H2,1-2H3. The van der Waals surface area contributed by atoms with Crippen molar-refractivity contribution in [2.24, 2.45) is 0 Å². The van der Waals surface area contributed by atoms with Gasteiger partial charge in [-0.25, -0.2) is 5.01 Å². The van der Waals surface area contributed by atoms with Crippen molar-refractivity contribution < 1.29 is 0 Å². The van der Waals surface area contributed by atoms with Gasteiger partial charge in [-0.1, -0.05) is 13.8 Å². The van der Waals surface area contributed by atoms with Crippen LogP contribution in [-0.4, -0.2) is 24.1 Å². The van der Waals surface area contributed by atoms with Crippen molar-refractivity contribution in [1.82, 2.24) is 10.4 Å². The molecule has 1 rings (SSSR count). The summed E-state index contributed by atoms with van der Waals surface area (Å²) < 4.78 is 0. The van der Waals surface area contributed by atoms with E-state index in [1.807, 2.05) is 0 Å². The first-order valence-corrected chi connectivity index (χ1v) is 4.38. The van der Waals surface area contributed by atoms with Crippen LogP contribution in [0.1, 0.15) is 33.1 Å². The first-order valence-electron chi connectivity index (χ1n) is 4.38. The SMILES string of the molecule is CCCNN(CC)C1CC1. The predicted molar refractivity (Wildman–Crippen MR) is 43.7 cm³/mol. The third-order valence-corrected chi connectivity index (χ3v) is 1.89. The monoisotopic (exact) mass is 142 g/mol. The molecule has 0 aromatic rings. The van der Waals surface area contributed by atoms with E-state index in [-0.39, 0.29) is 0 Å². The molecule has 0 saturated heterocycles. The second-order valence-corrected chi connectivity index (χ2v) is 2.93. The maximum atomic E-state index is 3.41. The minimum absolute atomic E-state index is 0.858. The lowest BCUT2D eigenvalue weighted by molar-refractivity contribution is 0.188. The fourth-order valence-corrected chi connectivity index (χ4v) is 1.14. The molecule has 1 N–H and O–H groups in total. The normalized spacial score (nSPS) is 18.3. The quantitative estimate of drug-likeness (QED) is 0.583. The van der Waals surface area contributed by atoms with Crippen molar-refractivity contribution in [2.45, 2.75) is 39.2 Å². The van der Waals surface area contributed by atoms with Gasteiger partial charge in [-0.3, -0.25) is 5.43 Å². The zero-order valence-corrected chi connectivity index (χ0v) is 7.06. The van der Waals surface area contributed by atoms with Gasteiger partial charge in [0, 0.05) is 19.1 Å². The number of nitrogens with one attached hydrogen (secondary N) is 1. The molecule has 0 aromatic heterocycles. The predicted octanol–water partition coefficient (Wildman–Crippen LogP) is 1.39. The Morgan fingerprint density at radius 3 is 2.50 bits per heavy atom. The second kappa shape index (κ2) is 3.94. The summed E-state index contributed by atoms with van der Waals surface area (Å²) in [5, 5.41) is 2.36. The molecule has 1 fully saturated rings. The molecular formula is C8H18N2. The molecule has 60 valence electrons. The topological polar surface area (TPSA) is 15.3 Å². The van der Waals surface area contributed by atoms with Crippen LogP contribution in [0.3, 0.4) is 0 Å². The zero-order chi connectivity index (χ0) is 7.40. The van der Waals surface area contributed by atoms with E-state index in [0.717, 1.165) is 19.1 Å². The molecule has 0 aromatic carbocycles. The summed E-state index contributed by atoms with van der Waals surface area (Å²) >= 11 is 0. The maximum Gasteiger partial charge on any atom is 0.0244 e. The fraction of sp³-hybridized carbons (Fsp3) is 1.00. The Labute approximate surface area is 63.6 Å². The van der Waals surface area contributed by atoms with Crippen molar-refractivity contribution in [2.75, 3.05) is 13.1 Å². The maximum absolute atomic E-state index is 3.41. The highest BCUT2D eigenvalue weighted by Gasteiger charge is 2.27. The Bertz CT molecular complexity index is 89.3. The van der Waals surface area contributed by atoms with Gasteiger partial charge in [-0.05, 0) is 19.3 Å². The lowest BCUT2D eigenvalue weighted by Crippen LogP contribution is -2.39. The van der Waals surface area contributed by atoms with Gasteiger partial charge < -0.3 is 0 Å². The zero-order valence-electron chi connectivity index (χ0n) is 7.06. The van der Waals surface area contributed by atoms with Crippen LogP contribution in [0.25, 0.3) is 0 Å². The molecule has 1 aliphatic carbocycles. The fourth-order valence-electron chi connectivity index (χ4n) is 1.14. The van der Waals surface area contributed by atoms with Gasteiger partial charge >= 0.3 is 0 Å². The number of hydrogen-bond donors (Lipinski definition) is 1. The van der Waals surface area contributed by atoms with Gasteiger partial charge in [0.2, 0.25) is 0 Å². The number of hydrogen-bond acceptors (Lipinski definition) is 2. The summed E-state index contributed by atoms with van der Waals surface area (Å²) in [4.78, 5) is 0. The molecule has 0 spiro atoms. The molecule has 0 unspecified atom stereocenters. The van der Waals surface area contributed by atoms with Crippen molar-refractivity contribution in [3.8, 4) is 0 Å². The Morgan fingerprint density at radius 1 is 1.40 bits per heavy atom. The van der Waals surface area contributed by atoms with E-state index < -0.39 is 0 Å². The molecule has 0 bridgehead atoms. The van der Waals surface area contributed by atoms with Crippen LogP contribution in [0.5, 0.6) is 0 Å². The molecule has 0 aliphatic heterocycles. The van der Waals surface area contributed by atoms with E-state index in [1.165, 1.54) is 19.3 Å². The Hall–Kier alpha value is -0.0800. The van der Waals surface area contributed by atoms with E-state index in [2.05, 4.69) is 24.3 Å². The molecule has 0 heterocycles. The minimum atomic E-state index is 0.858. The summed E-state index contributed by atoms with van der Waals surface area (Å²) in [6, 6.07) is 0.858. The van der Waals surface area contributed by atoms with Crippen molar-refractivity contribution in [1.29, 1.82) is 0 Å². The lowest BCUT2D eigenvalue weighted by Gasteiger charge is -2.20. The molecule has 2 heteroatoms. The van der Waals surface area contributed by atoms with E-state index in [9.17, 15) is 0 Å². The van der Waals surface area contributed by atoms with Crippen LogP contribution in [0.4, 0.5) is 0 Å². The Balaban J connectivity index is 2.07. The van der Waals surface area contributed by atoms with E-state index in [4.69, 9.17) is 0 Å². The van der Waals surface area contributed by atoms with Crippen LogP contribution in [0.15, 0.2) is 0 Å². The van der Waals surface area contributed by atoms with Gasteiger partial charge in [-0.2, -0.15) is 0 Å². The van der Waals surface area contributed by atoms with Gasteiger partial charge in [0.1, 0.15) is 0 Å². The Morgan fingerprint density at radius 2 is 2.10 bits per heavy atom. The average Bonchev–Trinajstić information content (AvgIpc) is 2.73. The molecule has 2 nitrogen and oxygen atoms in total. The van der Waals surface area contributed by atoms with Crippen molar-refractivity contribution in [3.63, 3.8) is 0 Å².